The van der Waals surface area contributed by atoms with Crippen molar-refractivity contribution in [3.8, 4) is 0 Å². The van der Waals surface area contributed by atoms with Crippen LogP contribution in [0.25, 0.3) is 0 Å². The number of fused-ring (bicyclic) bond motifs is 1. The summed E-state index contributed by atoms with van der Waals surface area (Å²) in [6.45, 7) is 0. The maximum atomic E-state index is 12.2. The number of hydrogen-bond acceptors (Lipinski definition) is 5. The highest BCUT2D eigenvalue weighted by atomic mass is 127. The Balaban J connectivity index is 1.81. The number of aldehydes is 1. The summed E-state index contributed by atoms with van der Waals surface area (Å²) in [6.07, 6.45) is 2.40. The van der Waals surface area contributed by atoms with E-state index in [-0.39, 0.29) is 5.91 Å². The molecule has 1 aliphatic rings. The van der Waals surface area contributed by atoms with Crippen LogP contribution < -0.4 is 5.32 Å². The van der Waals surface area contributed by atoms with Gasteiger partial charge in [0.2, 0.25) is 0 Å². The lowest BCUT2D eigenvalue weighted by Gasteiger charge is -2.18. The van der Waals surface area contributed by atoms with Crippen molar-refractivity contribution in [3.63, 3.8) is 0 Å². The molecule has 0 fully saturated rings. The first kappa shape index (κ1) is 15.2. The summed E-state index contributed by atoms with van der Waals surface area (Å²) in [4.78, 5) is 31.9. The number of pyridine rings is 1. The Morgan fingerprint density at radius 2 is 2.05 bits per heavy atom. The molecule has 0 saturated heterocycles. The molecule has 0 spiro atoms. The normalized spacial score (nSPS) is 16.4. The van der Waals surface area contributed by atoms with Gasteiger partial charge in [-0.05, 0) is 64.7 Å². The molecule has 1 unspecified atom stereocenters. The molecule has 22 heavy (non-hydrogen) atoms. The second kappa shape index (κ2) is 6.57. The van der Waals surface area contributed by atoms with Gasteiger partial charge in [-0.25, -0.2) is 9.98 Å². The lowest BCUT2D eigenvalue weighted by molar-refractivity contribution is -0.109. The Morgan fingerprint density at radius 1 is 1.27 bits per heavy atom. The summed E-state index contributed by atoms with van der Waals surface area (Å²) in [5, 5.41) is 3.80. The third-order valence-corrected chi connectivity index (χ3v) is 4.68. The number of amides is 1. The molecule has 0 aliphatic carbocycles. The first-order valence-electron chi connectivity index (χ1n) is 6.40. The fourth-order valence-electron chi connectivity index (χ4n) is 1.96. The zero-order valence-electron chi connectivity index (χ0n) is 11.2. The first-order chi connectivity index (χ1) is 10.7. The molecule has 0 radical (unpaired) electrons. The summed E-state index contributed by atoms with van der Waals surface area (Å²) >= 11 is 3.43. The lowest BCUT2D eigenvalue weighted by atomic mass is 10.1. The van der Waals surface area contributed by atoms with Crippen molar-refractivity contribution in [2.75, 3.05) is 0 Å². The molecule has 1 amide bonds. The minimum Gasteiger partial charge on any atom is -0.301 e. The van der Waals surface area contributed by atoms with E-state index in [0.29, 0.717) is 15.8 Å². The summed E-state index contributed by atoms with van der Waals surface area (Å²) in [5.74, 6) is -0.258. The van der Waals surface area contributed by atoms with Gasteiger partial charge in [-0.3, -0.25) is 4.79 Å². The van der Waals surface area contributed by atoms with E-state index in [1.165, 1.54) is 11.8 Å². The molecular formula is C15H10IN3O2S. The van der Waals surface area contributed by atoms with Crippen molar-refractivity contribution >= 4 is 51.7 Å². The zero-order valence-corrected chi connectivity index (χ0v) is 14.2. The fraction of sp³-hybridized carbons (Fsp3) is 0.0667. The molecule has 5 nitrogen and oxygen atoms in total. The smallest absolute Gasteiger partial charge is 0.257 e. The van der Waals surface area contributed by atoms with Crippen molar-refractivity contribution in [3.05, 3.63) is 57.3 Å². The Hall–Kier alpha value is -1.74. The van der Waals surface area contributed by atoms with Gasteiger partial charge < -0.3 is 10.1 Å². The number of carbonyl (C=O) groups is 2. The molecule has 1 aliphatic heterocycles. The number of nitrogens with zero attached hydrogens (tertiary/aromatic N) is 2. The number of aliphatic imine (C=N–C) groups is 1. The summed E-state index contributed by atoms with van der Waals surface area (Å²) < 4.78 is 1.05. The molecular weight excluding hydrogens is 413 g/mol. The monoisotopic (exact) mass is 423 g/mol. The molecule has 0 saturated carbocycles. The third kappa shape index (κ3) is 3.20. The highest BCUT2D eigenvalue weighted by Crippen LogP contribution is 2.32. The number of carbonyl (C=O) groups excluding carboxylic acids is 2. The van der Waals surface area contributed by atoms with Gasteiger partial charge in [0.25, 0.3) is 5.91 Å². The standard InChI is InChI=1S/C15H10IN3O2S/c16-10-5-3-9(4-6-10)13(21)19-15-18-12(8-20)11-2-1-7-17-14(11)22-15/h1-8,12H,(H,18,19,21). The minimum atomic E-state index is -0.628. The number of nitrogens with one attached hydrogen (secondary N) is 1. The average Bonchev–Trinajstić information content (AvgIpc) is 2.54. The van der Waals surface area contributed by atoms with E-state index in [4.69, 9.17) is 0 Å². The second-order valence-electron chi connectivity index (χ2n) is 4.48. The highest BCUT2D eigenvalue weighted by molar-refractivity contribution is 14.1. The predicted molar refractivity (Wildman–Crippen MR) is 93.0 cm³/mol. The summed E-state index contributed by atoms with van der Waals surface area (Å²) in [7, 11) is 0. The molecule has 1 N–H and O–H groups in total. The zero-order chi connectivity index (χ0) is 15.5. The third-order valence-electron chi connectivity index (χ3n) is 3.02. The van der Waals surface area contributed by atoms with Gasteiger partial charge in [0.15, 0.2) is 5.17 Å². The molecule has 0 bridgehead atoms. The van der Waals surface area contributed by atoms with Gasteiger partial charge in [0, 0.05) is 20.9 Å². The molecule has 7 heteroatoms. The topological polar surface area (TPSA) is 71.4 Å². The number of halogens is 1. The molecule has 1 atom stereocenters. The highest BCUT2D eigenvalue weighted by Gasteiger charge is 2.24. The Kier molecular flexibility index (Phi) is 4.53. The van der Waals surface area contributed by atoms with Crippen molar-refractivity contribution < 1.29 is 9.59 Å². The first-order valence-corrected chi connectivity index (χ1v) is 8.29. The molecule has 1 aromatic carbocycles. The van der Waals surface area contributed by atoms with Crippen LogP contribution in [0, 0.1) is 3.57 Å². The molecule has 2 aromatic rings. The molecule has 110 valence electrons. The van der Waals surface area contributed by atoms with Crippen molar-refractivity contribution in [2.45, 2.75) is 11.1 Å². The van der Waals surface area contributed by atoms with E-state index in [1.807, 2.05) is 18.2 Å². The maximum Gasteiger partial charge on any atom is 0.257 e. The van der Waals surface area contributed by atoms with Crippen LogP contribution in [0.3, 0.4) is 0 Å². The Morgan fingerprint density at radius 3 is 2.77 bits per heavy atom. The summed E-state index contributed by atoms with van der Waals surface area (Å²) in [5.41, 5.74) is 1.30. The number of hydrogen-bond donors (Lipinski definition) is 1. The SMILES string of the molecule is O=CC1N=C(NC(=O)c2ccc(I)cc2)Sc2ncccc21. The number of aromatic nitrogens is 1. The van der Waals surface area contributed by atoms with Crippen LogP contribution in [0.4, 0.5) is 0 Å². The van der Waals surface area contributed by atoms with Crippen LogP contribution in [-0.2, 0) is 4.79 Å². The van der Waals surface area contributed by atoms with Crippen LogP contribution in [0.5, 0.6) is 0 Å². The molecule has 2 heterocycles. The van der Waals surface area contributed by atoms with Crippen molar-refractivity contribution in [2.24, 2.45) is 4.99 Å². The maximum absolute atomic E-state index is 12.2. The average molecular weight is 423 g/mol. The number of amidine groups is 1. The fourth-order valence-corrected chi connectivity index (χ4v) is 3.23. The van der Waals surface area contributed by atoms with Crippen molar-refractivity contribution in [1.29, 1.82) is 0 Å². The Bertz CT molecular complexity index is 762. The molecule has 1 aromatic heterocycles. The van der Waals surface area contributed by atoms with Gasteiger partial charge in [-0.15, -0.1) is 0 Å². The van der Waals surface area contributed by atoms with Gasteiger partial charge in [0.05, 0.1) is 0 Å². The largest absolute Gasteiger partial charge is 0.301 e. The van der Waals surface area contributed by atoms with E-state index in [2.05, 4.69) is 37.9 Å². The number of thioether (sulfide) groups is 1. The quantitative estimate of drug-likeness (QED) is 0.596. The van der Waals surface area contributed by atoms with Gasteiger partial charge >= 0.3 is 0 Å². The van der Waals surface area contributed by atoms with Crippen molar-refractivity contribution in [1.82, 2.24) is 10.3 Å². The van der Waals surface area contributed by atoms with Gasteiger partial charge in [-0.1, -0.05) is 6.07 Å². The Labute approximate surface area is 144 Å². The van der Waals surface area contributed by atoms with Crippen LogP contribution in [0.2, 0.25) is 0 Å². The van der Waals surface area contributed by atoms with E-state index < -0.39 is 6.04 Å². The van der Waals surface area contributed by atoms with Crippen LogP contribution in [-0.4, -0.2) is 22.3 Å². The number of rotatable bonds is 2. The summed E-state index contributed by atoms with van der Waals surface area (Å²) in [6, 6.07) is 10.2. The van der Waals surface area contributed by atoms with Crippen LogP contribution >= 0.6 is 34.4 Å². The van der Waals surface area contributed by atoms with E-state index in [0.717, 1.165) is 15.4 Å². The van der Waals surface area contributed by atoms with E-state index in [9.17, 15) is 9.59 Å². The van der Waals surface area contributed by atoms with Crippen LogP contribution in [0.1, 0.15) is 22.0 Å². The van der Waals surface area contributed by atoms with E-state index >= 15 is 0 Å². The predicted octanol–water partition coefficient (Wildman–Crippen LogP) is 2.82. The van der Waals surface area contributed by atoms with Gasteiger partial charge in [0.1, 0.15) is 17.4 Å². The minimum absolute atomic E-state index is 0.258. The number of benzene rings is 1. The lowest BCUT2D eigenvalue weighted by Crippen LogP contribution is -2.30. The van der Waals surface area contributed by atoms with E-state index in [1.54, 1.807) is 24.4 Å². The van der Waals surface area contributed by atoms with Gasteiger partial charge in [-0.2, -0.15) is 0 Å². The van der Waals surface area contributed by atoms with Crippen LogP contribution in [0.15, 0.2) is 52.6 Å². The second-order valence-corrected chi connectivity index (χ2v) is 6.70. The molecule has 3 rings (SSSR count).